The molecule has 102 valence electrons. The molecule has 2 unspecified atom stereocenters. The molecule has 18 heavy (non-hydrogen) atoms. The van der Waals surface area contributed by atoms with Crippen molar-refractivity contribution >= 4 is 5.82 Å². The van der Waals surface area contributed by atoms with Crippen molar-refractivity contribution in [3.63, 3.8) is 0 Å². The molecule has 2 N–H and O–H groups in total. The highest BCUT2D eigenvalue weighted by Crippen LogP contribution is 2.19. The number of rotatable bonds is 6. The average molecular weight is 249 g/mol. The molecule has 0 aliphatic heterocycles. The smallest absolute Gasteiger partial charge is 0.131 e. The number of aryl methyl sites for hydroxylation is 1. The van der Waals surface area contributed by atoms with Crippen molar-refractivity contribution in [2.24, 2.45) is 11.7 Å². The molecule has 0 saturated heterocycles. The highest BCUT2D eigenvalue weighted by atomic mass is 15.2. The van der Waals surface area contributed by atoms with Crippen LogP contribution in [0.4, 0.5) is 5.82 Å². The summed E-state index contributed by atoms with van der Waals surface area (Å²) in [6.45, 7) is 9.70. The summed E-state index contributed by atoms with van der Waals surface area (Å²) < 4.78 is 0. The first kappa shape index (κ1) is 15.0. The van der Waals surface area contributed by atoms with Gasteiger partial charge in [0.05, 0.1) is 0 Å². The second-order valence-corrected chi connectivity index (χ2v) is 5.56. The monoisotopic (exact) mass is 249 g/mol. The molecule has 0 aliphatic carbocycles. The zero-order chi connectivity index (χ0) is 13.7. The fourth-order valence-electron chi connectivity index (χ4n) is 2.19. The quantitative estimate of drug-likeness (QED) is 0.843. The van der Waals surface area contributed by atoms with Crippen LogP contribution in [0.2, 0.25) is 0 Å². The zero-order valence-corrected chi connectivity index (χ0v) is 12.4. The molecule has 0 aliphatic rings. The third-order valence-corrected chi connectivity index (χ3v) is 3.31. The van der Waals surface area contributed by atoms with Crippen molar-refractivity contribution in [2.45, 2.75) is 46.6 Å². The van der Waals surface area contributed by atoms with Crippen molar-refractivity contribution in [1.82, 2.24) is 4.98 Å². The normalized spacial score (nSPS) is 14.3. The lowest BCUT2D eigenvalue weighted by Gasteiger charge is -2.23. The molecule has 0 fully saturated rings. The number of aromatic nitrogens is 1. The zero-order valence-electron chi connectivity index (χ0n) is 12.4. The van der Waals surface area contributed by atoms with Crippen molar-refractivity contribution in [3.8, 4) is 0 Å². The third kappa shape index (κ3) is 4.30. The number of hydrogen-bond acceptors (Lipinski definition) is 3. The Morgan fingerprint density at radius 2 is 2.06 bits per heavy atom. The van der Waals surface area contributed by atoms with Crippen LogP contribution in [0.3, 0.4) is 0 Å². The van der Waals surface area contributed by atoms with Gasteiger partial charge in [-0.3, -0.25) is 0 Å². The molecule has 0 amide bonds. The molecule has 0 aromatic carbocycles. The van der Waals surface area contributed by atoms with Crippen LogP contribution >= 0.6 is 0 Å². The Labute approximate surface area is 111 Å². The Morgan fingerprint density at radius 3 is 2.56 bits per heavy atom. The number of pyridine rings is 1. The lowest BCUT2D eigenvalue weighted by molar-refractivity contribution is 0.557. The van der Waals surface area contributed by atoms with Crippen molar-refractivity contribution < 1.29 is 0 Å². The molecular weight excluding hydrogens is 222 g/mol. The van der Waals surface area contributed by atoms with E-state index >= 15 is 0 Å². The number of hydrogen-bond donors (Lipinski definition) is 1. The Bertz CT molecular complexity index is 374. The van der Waals surface area contributed by atoms with E-state index in [9.17, 15) is 0 Å². The molecule has 2 atom stereocenters. The number of anilines is 1. The van der Waals surface area contributed by atoms with Gasteiger partial charge >= 0.3 is 0 Å². The minimum absolute atomic E-state index is 0.190. The summed E-state index contributed by atoms with van der Waals surface area (Å²) in [6, 6.07) is 2.40. The third-order valence-electron chi connectivity index (χ3n) is 3.31. The Balaban J connectivity index is 2.78. The minimum Gasteiger partial charge on any atom is -0.359 e. The van der Waals surface area contributed by atoms with E-state index in [4.69, 9.17) is 5.73 Å². The number of nitrogens with two attached hydrogens (primary N) is 1. The molecule has 3 heteroatoms. The molecule has 3 nitrogen and oxygen atoms in total. The summed E-state index contributed by atoms with van der Waals surface area (Å²) in [7, 11) is 2.12. The van der Waals surface area contributed by atoms with Crippen molar-refractivity contribution in [3.05, 3.63) is 23.4 Å². The first-order valence-corrected chi connectivity index (χ1v) is 6.86. The van der Waals surface area contributed by atoms with Crippen LogP contribution in [-0.4, -0.2) is 24.6 Å². The molecule has 1 aromatic rings. The van der Waals surface area contributed by atoms with Crippen molar-refractivity contribution in [1.29, 1.82) is 0 Å². The van der Waals surface area contributed by atoms with Crippen LogP contribution in [0, 0.1) is 12.8 Å². The maximum absolute atomic E-state index is 5.82. The SMILES string of the molecule is CCC(C)CN(C)c1ncc(CC(C)N)cc1C. The summed E-state index contributed by atoms with van der Waals surface area (Å²) in [5, 5.41) is 0. The molecule has 1 heterocycles. The van der Waals surface area contributed by atoms with E-state index < -0.39 is 0 Å². The molecule has 1 rings (SSSR count). The second kappa shape index (κ2) is 6.74. The topological polar surface area (TPSA) is 42.2 Å². The molecule has 0 spiro atoms. The Kier molecular flexibility index (Phi) is 5.60. The fourth-order valence-corrected chi connectivity index (χ4v) is 2.19. The fraction of sp³-hybridized carbons (Fsp3) is 0.667. The van der Waals surface area contributed by atoms with Gasteiger partial charge in [0.15, 0.2) is 0 Å². The molecule has 0 radical (unpaired) electrons. The van der Waals surface area contributed by atoms with Gasteiger partial charge in [-0.25, -0.2) is 4.98 Å². The minimum atomic E-state index is 0.190. The van der Waals surface area contributed by atoms with Crippen LogP contribution in [0.25, 0.3) is 0 Å². The summed E-state index contributed by atoms with van der Waals surface area (Å²) in [5.74, 6) is 1.78. The standard InChI is InChI=1S/C15H27N3/c1-6-11(2)10-18(5)15-12(3)7-14(9-17-15)8-13(4)16/h7,9,11,13H,6,8,10,16H2,1-5H3. The van der Waals surface area contributed by atoms with Gasteiger partial charge in [0.25, 0.3) is 0 Å². The van der Waals surface area contributed by atoms with E-state index in [1.165, 1.54) is 17.5 Å². The van der Waals surface area contributed by atoms with Gasteiger partial charge in [-0.15, -0.1) is 0 Å². The van der Waals surface area contributed by atoms with Gasteiger partial charge in [-0.1, -0.05) is 26.3 Å². The summed E-state index contributed by atoms with van der Waals surface area (Å²) in [6.07, 6.45) is 4.05. The molecule has 1 aromatic heterocycles. The van der Waals surface area contributed by atoms with Gasteiger partial charge in [-0.05, 0) is 37.3 Å². The largest absolute Gasteiger partial charge is 0.359 e. The van der Waals surface area contributed by atoms with E-state index in [1.54, 1.807) is 0 Å². The first-order chi connectivity index (χ1) is 8.43. The Hall–Kier alpha value is -1.09. The van der Waals surface area contributed by atoms with Crippen molar-refractivity contribution in [2.75, 3.05) is 18.5 Å². The number of nitrogens with zero attached hydrogens (tertiary/aromatic N) is 2. The van der Waals surface area contributed by atoms with E-state index in [1.807, 2.05) is 13.1 Å². The molecular formula is C15H27N3. The van der Waals surface area contributed by atoms with E-state index in [0.717, 1.165) is 18.8 Å². The van der Waals surface area contributed by atoms with Gasteiger partial charge in [0, 0.05) is 25.8 Å². The van der Waals surface area contributed by atoms with Crippen LogP contribution in [0.1, 0.15) is 38.3 Å². The first-order valence-electron chi connectivity index (χ1n) is 6.86. The average Bonchev–Trinajstić information content (AvgIpc) is 2.27. The highest BCUT2D eigenvalue weighted by molar-refractivity contribution is 5.46. The summed E-state index contributed by atoms with van der Waals surface area (Å²) >= 11 is 0. The maximum Gasteiger partial charge on any atom is 0.131 e. The predicted octanol–water partition coefficient (Wildman–Crippen LogP) is 2.76. The van der Waals surface area contributed by atoms with E-state index in [2.05, 4.69) is 43.8 Å². The van der Waals surface area contributed by atoms with Gasteiger partial charge in [0.1, 0.15) is 5.82 Å². The van der Waals surface area contributed by atoms with Gasteiger partial charge in [0.2, 0.25) is 0 Å². The molecule has 0 bridgehead atoms. The Morgan fingerprint density at radius 1 is 1.39 bits per heavy atom. The van der Waals surface area contributed by atoms with Crippen LogP contribution in [-0.2, 0) is 6.42 Å². The second-order valence-electron chi connectivity index (χ2n) is 5.56. The maximum atomic E-state index is 5.82. The lowest BCUT2D eigenvalue weighted by Crippen LogP contribution is -2.25. The van der Waals surface area contributed by atoms with E-state index in [0.29, 0.717) is 5.92 Å². The van der Waals surface area contributed by atoms with Gasteiger partial charge < -0.3 is 10.6 Å². The van der Waals surface area contributed by atoms with Crippen LogP contribution in [0.15, 0.2) is 12.3 Å². The van der Waals surface area contributed by atoms with E-state index in [-0.39, 0.29) is 6.04 Å². The summed E-state index contributed by atoms with van der Waals surface area (Å²) in [5.41, 5.74) is 8.28. The predicted molar refractivity (Wildman–Crippen MR) is 79.1 cm³/mol. The molecule has 0 saturated carbocycles. The lowest BCUT2D eigenvalue weighted by atomic mass is 10.1. The summed E-state index contributed by atoms with van der Waals surface area (Å²) in [4.78, 5) is 6.84. The van der Waals surface area contributed by atoms with Gasteiger partial charge in [-0.2, -0.15) is 0 Å². The van der Waals surface area contributed by atoms with Crippen LogP contribution < -0.4 is 10.6 Å². The highest BCUT2D eigenvalue weighted by Gasteiger charge is 2.10. The van der Waals surface area contributed by atoms with Crippen LogP contribution in [0.5, 0.6) is 0 Å².